The van der Waals surface area contributed by atoms with Crippen LogP contribution in [0.2, 0.25) is 0 Å². The van der Waals surface area contributed by atoms with E-state index >= 15 is 0 Å². The summed E-state index contributed by atoms with van der Waals surface area (Å²) in [5, 5.41) is 14.6. The van der Waals surface area contributed by atoms with Crippen LogP contribution in [-0.4, -0.2) is 74.9 Å². The van der Waals surface area contributed by atoms with Crippen LogP contribution in [0.25, 0.3) is 0 Å². The Balaban J connectivity index is 1.43. The fourth-order valence-corrected chi connectivity index (χ4v) is 5.88. The summed E-state index contributed by atoms with van der Waals surface area (Å²) in [7, 11) is -2.05. The number of nitrogens with one attached hydrogen (secondary N) is 3. The molecule has 1 fully saturated rings. The number of urea groups is 1. The van der Waals surface area contributed by atoms with Gasteiger partial charge in [0.2, 0.25) is 15.9 Å². The third-order valence-corrected chi connectivity index (χ3v) is 8.10. The second kappa shape index (κ2) is 13.9. The average molecular weight is 676 g/mol. The number of carboxylic acids is 1. The zero-order chi connectivity index (χ0) is 31.1. The van der Waals surface area contributed by atoms with Gasteiger partial charge in [-0.15, -0.1) is 0 Å². The zero-order valence-corrected chi connectivity index (χ0v) is 25.8. The maximum absolute atomic E-state index is 13.5. The molecule has 3 amide bonds. The summed E-state index contributed by atoms with van der Waals surface area (Å²) in [5.41, 5.74) is 1.74. The van der Waals surface area contributed by atoms with Gasteiger partial charge in [0, 0.05) is 17.1 Å². The molecule has 2 atom stereocenters. The number of ether oxygens (including phenoxy) is 2. The largest absolute Gasteiger partial charge is 0.495 e. The van der Waals surface area contributed by atoms with Crippen molar-refractivity contribution in [2.75, 3.05) is 37.2 Å². The van der Waals surface area contributed by atoms with E-state index in [9.17, 15) is 22.8 Å². The van der Waals surface area contributed by atoms with Crippen molar-refractivity contribution in [1.29, 1.82) is 0 Å². The number of aromatic carboxylic acids is 1. The summed E-state index contributed by atoms with van der Waals surface area (Å²) in [6, 6.07) is 16.6. The van der Waals surface area contributed by atoms with Crippen molar-refractivity contribution >= 4 is 55.2 Å². The molecule has 0 aromatic heterocycles. The summed E-state index contributed by atoms with van der Waals surface area (Å²) >= 11 is 3.39. The Morgan fingerprint density at radius 2 is 1.72 bits per heavy atom. The van der Waals surface area contributed by atoms with E-state index in [0.29, 0.717) is 34.9 Å². The lowest BCUT2D eigenvalue weighted by Crippen LogP contribution is -2.41. The number of likely N-dealkylation sites (tertiary alicyclic amines) is 1. The van der Waals surface area contributed by atoms with Crippen LogP contribution in [0.1, 0.15) is 22.3 Å². The van der Waals surface area contributed by atoms with E-state index in [0.717, 1.165) is 10.7 Å². The molecule has 0 spiro atoms. The van der Waals surface area contributed by atoms with Crippen LogP contribution in [-0.2, 0) is 21.2 Å². The van der Waals surface area contributed by atoms with Gasteiger partial charge in [0.1, 0.15) is 18.1 Å². The topological polar surface area (TPSA) is 163 Å². The molecular weight excluding hydrogens is 644 g/mol. The van der Waals surface area contributed by atoms with Gasteiger partial charge in [-0.05, 0) is 76.4 Å². The Bertz CT molecular complexity index is 1600. The van der Waals surface area contributed by atoms with Crippen molar-refractivity contribution in [3.8, 4) is 11.5 Å². The lowest BCUT2D eigenvalue weighted by Gasteiger charge is -2.25. The Labute approximate surface area is 257 Å². The molecule has 1 saturated heterocycles. The molecule has 43 heavy (non-hydrogen) atoms. The lowest BCUT2D eigenvalue weighted by molar-refractivity contribution is -0.131. The monoisotopic (exact) mass is 674 g/mol. The Hall–Kier alpha value is -4.14. The lowest BCUT2D eigenvalue weighted by atomic mass is 10.1. The first-order valence-electron chi connectivity index (χ1n) is 13.1. The average Bonchev–Trinajstić information content (AvgIpc) is 3.35. The van der Waals surface area contributed by atoms with Crippen molar-refractivity contribution < 1.29 is 37.4 Å². The molecule has 12 nitrogen and oxygen atoms in total. The van der Waals surface area contributed by atoms with E-state index < -0.39 is 34.1 Å². The number of methoxy groups -OCH3 is 1. The van der Waals surface area contributed by atoms with Crippen LogP contribution in [0.3, 0.4) is 0 Å². The van der Waals surface area contributed by atoms with Gasteiger partial charge >= 0.3 is 12.0 Å². The summed E-state index contributed by atoms with van der Waals surface area (Å²) in [4.78, 5) is 38.7. The van der Waals surface area contributed by atoms with Crippen molar-refractivity contribution in [3.63, 3.8) is 0 Å². The first kappa shape index (κ1) is 31.8. The zero-order valence-electron chi connectivity index (χ0n) is 23.4. The number of carbonyl (C=O) groups excluding carboxylic acids is 2. The third-order valence-electron chi connectivity index (χ3n) is 6.65. The van der Waals surface area contributed by atoms with Gasteiger partial charge in [-0.25, -0.2) is 22.7 Å². The number of nitrogens with zero attached hydrogens (tertiary/aromatic N) is 1. The Morgan fingerprint density at radius 1 is 1.02 bits per heavy atom. The van der Waals surface area contributed by atoms with Crippen LogP contribution in [0.4, 0.5) is 16.2 Å². The predicted octanol–water partition coefficient (Wildman–Crippen LogP) is 3.94. The van der Waals surface area contributed by atoms with E-state index in [1.54, 1.807) is 41.3 Å². The van der Waals surface area contributed by atoms with Gasteiger partial charge in [-0.3, -0.25) is 4.79 Å². The maximum Gasteiger partial charge on any atom is 0.335 e. The van der Waals surface area contributed by atoms with E-state index in [1.165, 1.54) is 31.4 Å². The number of para-hydroxylation sites is 1. The predicted molar refractivity (Wildman–Crippen MR) is 164 cm³/mol. The maximum atomic E-state index is 13.5. The standard InChI is InChI=1S/C29H31BrN4O8S/c1-41-26-13-18(7-12-25(26)32-29(38)31-24-6-4-3-5-23(24)30)14-27(35)34-16-20(33-43(2,39)40)15-21(34)17-42-22-10-8-19(9-11-22)28(36)37/h3-13,20-21,33H,14-17H2,1-2H3,(H,36,37)(H2,31,32,38)/t20-,21-/m0/s1. The summed E-state index contributed by atoms with van der Waals surface area (Å²) in [5.74, 6) is -0.524. The minimum absolute atomic E-state index is 0.00476. The highest BCUT2D eigenvalue weighted by molar-refractivity contribution is 9.10. The van der Waals surface area contributed by atoms with Gasteiger partial charge < -0.3 is 30.1 Å². The van der Waals surface area contributed by atoms with Crippen LogP contribution in [0.15, 0.2) is 71.2 Å². The second-order valence-corrected chi connectivity index (χ2v) is 12.6. The van der Waals surface area contributed by atoms with Crippen molar-refractivity contribution in [1.82, 2.24) is 9.62 Å². The number of sulfonamides is 1. The fraction of sp³-hybridized carbons (Fsp3) is 0.276. The summed E-state index contributed by atoms with van der Waals surface area (Å²) < 4.78 is 38.4. The number of hydrogen-bond acceptors (Lipinski definition) is 7. The SMILES string of the molecule is COc1cc(CC(=O)N2C[C@@H](NS(C)(=O)=O)C[C@H]2COc2ccc(C(=O)O)cc2)ccc1NC(=O)Nc1ccccc1Br. The van der Waals surface area contributed by atoms with Crippen LogP contribution in [0.5, 0.6) is 11.5 Å². The van der Waals surface area contributed by atoms with Crippen LogP contribution >= 0.6 is 15.9 Å². The molecule has 0 radical (unpaired) electrons. The molecule has 3 aromatic carbocycles. The van der Waals surface area contributed by atoms with Crippen molar-refractivity contribution in [2.45, 2.75) is 24.9 Å². The molecule has 228 valence electrons. The molecular formula is C29H31BrN4O8S. The van der Waals surface area contributed by atoms with E-state index in [4.69, 9.17) is 14.6 Å². The molecule has 0 aliphatic carbocycles. The number of anilines is 2. The molecule has 1 aliphatic heterocycles. The van der Waals surface area contributed by atoms with Crippen LogP contribution < -0.4 is 24.8 Å². The second-order valence-electron chi connectivity index (χ2n) is 9.93. The molecule has 0 bridgehead atoms. The number of benzene rings is 3. The van der Waals surface area contributed by atoms with Gasteiger partial charge in [0.05, 0.1) is 42.8 Å². The first-order valence-corrected chi connectivity index (χ1v) is 15.8. The summed E-state index contributed by atoms with van der Waals surface area (Å²) in [6.45, 7) is 0.239. The molecule has 14 heteroatoms. The third kappa shape index (κ3) is 8.92. The Morgan fingerprint density at radius 3 is 2.37 bits per heavy atom. The highest BCUT2D eigenvalue weighted by atomic mass is 79.9. The van der Waals surface area contributed by atoms with Crippen molar-refractivity contribution in [3.05, 3.63) is 82.3 Å². The molecule has 3 aromatic rings. The van der Waals surface area contributed by atoms with Gasteiger partial charge in [-0.2, -0.15) is 0 Å². The van der Waals surface area contributed by atoms with Gasteiger partial charge in [0.25, 0.3) is 0 Å². The van der Waals surface area contributed by atoms with Crippen molar-refractivity contribution in [2.24, 2.45) is 0 Å². The molecule has 4 rings (SSSR count). The van der Waals surface area contributed by atoms with E-state index in [2.05, 4.69) is 31.3 Å². The number of rotatable bonds is 11. The quantitative estimate of drug-likeness (QED) is 0.238. The number of hydrogen-bond donors (Lipinski definition) is 4. The number of amides is 3. The molecule has 0 saturated carbocycles. The normalized spacial score (nSPS) is 16.4. The molecule has 0 unspecified atom stereocenters. The highest BCUT2D eigenvalue weighted by Crippen LogP contribution is 2.28. The Kier molecular flexibility index (Phi) is 10.3. The minimum Gasteiger partial charge on any atom is -0.495 e. The van der Waals surface area contributed by atoms with E-state index in [-0.39, 0.29) is 31.0 Å². The highest BCUT2D eigenvalue weighted by Gasteiger charge is 2.37. The first-order chi connectivity index (χ1) is 20.4. The minimum atomic E-state index is -3.51. The van der Waals surface area contributed by atoms with E-state index in [1.807, 2.05) is 6.07 Å². The molecule has 4 N–H and O–H groups in total. The number of halogens is 1. The van der Waals surface area contributed by atoms with Crippen LogP contribution in [0, 0.1) is 0 Å². The summed E-state index contributed by atoms with van der Waals surface area (Å²) in [6.07, 6.45) is 1.40. The molecule has 1 heterocycles. The smallest absolute Gasteiger partial charge is 0.335 e. The number of carboxylic acid groups (broad SMARTS) is 1. The fourth-order valence-electron chi connectivity index (χ4n) is 4.72. The van der Waals surface area contributed by atoms with Gasteiger partial charge in [-0.1, -0.05) is 18.2 Å². The number of carbonyl (C=O) groups is 3. The van der Waals surface area contributed by atoms with Gasteiger partial charge in [0.15, 0.2) is 0 Å². The molecule has 1 aliphatic rings.